The van der Waals surface area contributed by atoms with Crippen molar-refractivity contribution in [3.63, 3.8) is 0 Å². The normalized spacial score (nSPS) is 11.4. The average molecular weight is 322 g/mol. The van der Waals surface area contributed by atoms with Crippen molar-refractivity contribution in [2.24, 2.45) is 5.73 Å². The number of unbranched alkanes of at least 4 members (excludes halogenated alkanes) is 1. The van der Waals surface area contributed by atoms with E-state index in [9.17, 15) is 14.4 Å². The molecule has 1 rings (SSSR count). The number of ether oxygens (including phenoxy) is 2. The molecule has 0 saturated carbocycles. The lowest BCUT2D eigenvalue weighted by Gasteiger charge is -2.11. The summed E-state index contributed by atoms with van der Waals surface area (Å²) in [7, 11) is 0. The van der Waals surface area contributed by atoms with Crippen LogP contribution < -0.4 is 11.1 Å². The Morgan fingerprint density at radius 3 is 2.52 bits per heavy atom. The summed E-state index contributed by atoms with van der Waals surface area (Å²) >= 11 is 0. The number of imide groups is 1. The molecule has 1 aromatic rings. The van der Waals surface area contributed by atoms with E-state index in [1.807, 2.05) is 30.4 Å². The summed E-state index contributed by atoms with van der Waals surface area (Å²) in [4.78, 5) is 34.6. The summed E-state index contributed by atoms with van der Waals surface area (Å²) in [6, 6.07) is 7.94. The van der Waals surface area contributed by atoms with Crippen LogP contribution in [-0.2, 0) is 25.7 Å². The molecule has 0 radical (unpaired) electrons. The van der Waals surface area contributed by atoms with Gasteiger partial charge in [-0.3, -0.25) is 14.9 Å². The predicted octanol–water partition coefficient (Wildman–Crippen LogP) is 1.50. The Morgan fingerprint density at radius 1 is 1.17 bits per heavy atom. The second-order valence-corrected chi connectivity index (χ2v) is 4.94. The molecule has 0 unspecified atom stereocenters. The lowest BCUT2D eigenvalue weighted by molar-refractivity contribution is -0.146. The third kappa shape index (κ3) is 7.96. The molecule has 0 bridgehead atoms. The summed E-state index contributed by atoms with van der Waals surface area (Å²) < 4.78 is 9.79. The van der Waals surface area contributed by atoms with Crippen LogP contribution in [0, 0.1) is 0 Å². The van der Waals surface area contributed by atoms with E-state index in [4.69, 9.17) is 15.2 Å². The molecule has 0 saturated heterocycles. The van der Waals surface area contributed by atoms with Crippen molar-refractivity contribution in [2.45, 2.75) is 38.8 Å². The summed E-state index contributed by atoms with van der Waals surface area (Å²) in [6.07, 6.45) is 0.392. The van der Waals surface area contributed by atoms with Gasteiger partial charge in [-0.1, -0.05) is 43.7 Å². The molecule has 126 valence electrons. The van der Waals surface area contributed by atoms with E-state index in [0.717, 1.165) is 18.4 Å². The number of carbonyl (C=O) groups excluding carboxylic acids is 3. The predicted molar refractivity (Wildman–Crippen MR) is 83.2 cm³/mol. The number of hydrogen-bond donors (Lipinski definition) is 2. The maximum atomic E-state index is 11.6. The van der Waals surface area contributed by atoms with E-state index in [1.165, 1.54) is 0 Å². The SMILES string of the molecule is CCCCOC(=O)[C@H](N)CC(=O)NC(=O)OCc1ccccc1. The second kappa shape index (κ2) is 10.3. The minimum atomic E-state index is -1.10. The molecule has 7 heteroatoms. The van der Waals surface area contributed by atoms with Gasteiger partial charge in [-0.2, -0.15) is 0 Å². The van der Waals surface area contributed by atoms with Crippen LogP contribution in [0.15, 0.2) is 30.3 Å². The second-order valence-electron chi connectivity index (χ2n) is 4.94. The fourth-order valence-electron chi connectivity index (χ4n) is 1.63. The molecule has 0 aliphatic rings. The van der Waals surface area contributed by atoms with E-state index in [0.29, 0.717) is 0 Å². The zero-order valence-electron chi connectivity index (χ0n) is 13.1. The molecule has 2 amide bonds. The van der Waals surface area contributed by atoms with Gasteiger partial charge in [0.25, 0.3) is 0 Å². The fourth-order valence-corrected chi connectivity index (χ4v) is 1.63. The number of amides is 2. The van der Waals surface area contributed by atoms with Crippen molar-refractivity contribution in [1.29, 1.82) is 0 Å². The Hall–Kier alpha value is -2.41. The van der Waals surface area contributed by atoms with E-state index >= 15 is 0 Å². The highest BCUT2D eigenvalue weighted by Gasteiger charge is 2.20. The van der Waals surface area contributed by atoms with Crippen LogP contribution >= 0.6 is 0 Å². The molecule has 1 aromatic carbocycles. The summed E-state index contributed by atoms with van der Waals surface area (Å²) in [5.74, 6) is -1.35. The van der Waals surface area contributed by atoms with Crippen molar-refractivity contribution in [1.82, 2.24) is 5.32 Å². The van der Waals surface area contributed by atoms with Gasteiger partial charge in [0.05, 0.1) is 13.0 Å². The Bertz CT molecular complexity index is 518. The van der Waals surface area contributed by atoms with Crippen molar-refractivity contribution in [3.05, 3.63) is 35.9 Å². The minimum Gasteiger partial charge on any atom is -0.465 e. The Kier molecular flexibility index (Phi) is 8.38. The first-order valence-electron chi connectivity index (χ1n) is 7.45. The van der Waals surface area contributed by atoms with E-state index in [1.54, 1.807) is 12.1 Å². The molecular weight excluding hydrogens is 300 g/mol. The molecule has 0 aliphatic carbocycles. The maximum absolute atomic E-state index is 11.6. The van der Waals surface area contributed by atoms with E-state index in [-0.39, 0.29) is 19.6 Å². The lowest BCUT2D eigenvalue weighted by Crippen LogP contribution is -2.40. The number of hydrogen-bond acceptors (Lipinski definition) is 6. The maximum Gasteiger partial charge on any atom is 0.414 e. The summed E-state index contributed by atoms with van der Waals surface area (Å²) in [5.41, 5.74) is 6.35. The highest BCUT2D eigenvalue weighted by molar-refractivity contribution is 5.94. The zero-order valence-corrected chi connectivity index (χ0v) is 13.1. The van der Waals surface area contributed by atoms with Gasteiger partial charge in [0, 0.05) is 0 Å². The number of benzene rings is 1. The van der Waals surface area contributed by atoms with Crippen LogP contribution in [0.3, 0.4) is 0 Å². The highest BCUT2D eigenvalue weighted by Crippen LogP contribution is 2.01. The average Bonchev–Trinajstić information content (AvgIpc) is 2.53. The van der Waals surface area contributed by atoms with Crippen molar-refractivity contribution in [3.8, 4) is 0 Å². The van der Waals surface area contributed by atoms with Crippen molar-refractivity contribution >= 4 is 18.0 Å². The van der Waals surface area contributed by atoms with Crippen LogP contribution in [0.2, 0.25) is 0 Å². The number of alkyl carbamates (subject to hydrolysis) is 1. The van der Waals surface area contributed by atoms with Gasteiger partial charge in [-0.05, 0) is 12.0 Å². The van der Waals surface area contributed by atoms with Crippen LogP contribution in [0.4, 0.5) is 4.79 Å². The van der Waals surface area contributed by atoms with Gasteiger partial charge in [0.1, 0.15) is 12.6 Å². The van der Waals surface area contributed by atoms with Crippen molar-refractivity contribution < 1.29 is 23.9 Å². The van der Waals surface area contributed by atoms with Crippen LogP contribution in [0.1, 0.15) is 31.7 Å². The standard InChI is InChI=1S/C16H22N2O5/c1-2-3-9-22-15(20)13(17)10-14(19)18-16(21)23-11-12-7-5-4-6-8-12/h4-8,13H,2-3,9-11,17H2,1H3,(H,18,19,21)/t13-/m1/s1. The molecule has 0 fully saturated rings. The van der Waals surface area contributed by atoms with Crippen LogP contribution in [0.5, 0.6) is 0 Å². The fraction of sp³-hybridized carbons (Fsp3) is 0.438. The lowest BCUT2D eigenvalue weighted by atomic mass is 10.2. The molecule has 0 spiro atoms. The first-order valence-corrected chi connectivity index (χ1v) is 7.45. The van der Waals surface area contributed by atoms with Gasteiger partial charge in [-0.15, -0.1) is 0 Å². The third-order valence-electron chi connectivity index (χ3n) is 2.90. The monoisotopic (exact) mass is 322 g/mol. The first kappa shape index (κ1) is 18.6. The smallest absolute Gasteiger partial charge is 0.414 e. The molecule has 0 aromatic heterocycles. The van der Waals surface area contributed by atoms with Gasteiger partial charge < -0.3 is 15.2 Å². The quantitative estimate of drug-likeness (QED) is 0.555. The van der Waals surface area contributed by atoms with Gasteiger partial charge in [0.2, 0.25) is 5.91 Å². The third-order valence-corrected chi connectivity index (χ3v) is 2.90. The molecule has 0 heterocycles. The molecule has 1 atom stereocenters. The molecule has 23 heavy (non-hydrogen) atoms. The number of carbonyl (C=O) groups is 3. The molecular formula is C16H22N2O5. The van der Waals surface area contributed by atoms with Gasteiger partial charge in [-0.25, -0.2) is 4.79 Å². The Balaban J connectivity index is 2.26. The number of nitrogens with one attached hydrogen (secondary N) is 1. The number of nitrogens with two attached hydrogens (primary N) is 1. The largest absolute Gasteiger partial charge is 0.465 e. The van der Waals surface area contributed by atoms with Crippen LogP contribution in [0.25, 0.3) is 0 Å². The zero-order chi connectivity index (χ0) is 17.1. The van der Waals surface area contributed by atoms with E-state index < -0.39 is 24.0 Å². The summed E-state index contributed by atoms with van der Waals surface area (Å²) in [6.45, 7) is 2.27. The first-order chi connectivity index (χ1) is 11.0. The number of esters is 1. The van der Waals surface area contributed by atoms with Crippen LogP contribution in [-0.4, -0.2) is 30.6 Å². The molecule has 0 aliphatic heterocycles. The van der Waals surface area contributed by atoms with Gasteiger partial charge in [0.15, 0.2) is 0 Å². The highest BCUT2D eigenvalue weighted by atomic mass is 16.5. The Morgan fingerprint density at radius 2 is 1.87 bits per heavy atom. The van der Waals surface area contributed by atoms with E-state index in [2.05, 4.69) is 0 Å². The molecule has 3 N–H and O–H groups in total. The number of rotatable bonds is 8. The minimum absolute atomic E-state index is 0.0467. The Labute approximate surface area is 135 Å². The van der Waals surface area contributed by atoms with Gasteiger partial charge >= 0.3 is 12.1 Å². The van der Waals surface area contributed by atoms with Crippen molar-refractivity contribution in [2.75, 3.05) is 6.61 Å². The topological polar surface area (TPSA) is 108 Å². The molecule has 7 nitrogen and oxygen atoms in total. The summed E-state index contributed by atoms with van der Waals surface area (Å²) in [5, 5.41) is 2.02.